The van der Waals surface area contributed by atoms with E-state index < -0.39 is 18.1 Å². The summed E-state index contributed by atoms with van der Waals surface area (Å²) < 4.78 is 19.8. The van der Waals surface area contributed by atoms with Crippen LogP contribution in [0.2, 0.25) is 0 Å². The van der Waals surface area contributed by atoms with Gasteiger partial charge in [-0.05, 0) is 37.8 Å². The van der Waals surface area contributed by atoms with Crippen LogP contribution in [0, 0.1) is 0 Å². The maximum Gasteiger partial charge on any atom is 0.254 e. The van der Waals surface area contributed by atoms with E-state index in [0.29, 0.717) is 31.4 Å². The highest BCUT2D eigenvalue weighted by Crippen LogP contribution is 2.33. The van der Waals surface area contributed by atoms with E-state index in [1.165, 1.54) is 24.2 Å². The Morgan fingerprint density at radius 2 is 2.00 bits per heavy atom. The van der Waals surface area contributed by atoms with Gasteiger partial charge in [0, 0.05) is 24.1 Å². The van der Waals surface area contributed by atoms with Crippen LogP contribution in [0.1, 0.15) is 32.1 Å². The van der Waals surface area contributed by atoms with Gasteiger partial charge in [0.15, 0.2) is 6.17 Å². The second-order valence-electron chi connectivity index (χ2n) is 6.58. The molecule has 7 nitrogen and oxygen atoms in total. The largest absolute Gasteiger partial charge is 0.497 e. The topological polar surface area (TPSA) is 102 Å². The normalized spacial score (nSPS) is 27.6. The Kier molecular flexibility index (Phi) is 5.11. The number of rotatable bonds is 2. The van der Waals surface area contributed by atoms with Gasteiger partial charge in [-0.1, -0.05) is 0 Å². The van der Waals surface area contributed by atoms with E-state index in [2.05, 4.69) is 5.32 Å². The minimum atomic E-state index is -1.61. The lowest BCUT2D eigenvalue weighted by molar-refractivity contribution is -0.144. The first kappa shape index (κ1) is 18.2. The van der Waals surface area contributed by atoms with Crippen molar-refractivity contribution in [1.29, 1.82) is 0 Å². The van der Waals surface area contributed by atoms with Crippen molar-refractivity contribution in [3.05, 3.63) is 34.8 Å². The van der Waals surface area contributed by atoms with Gasteiger partial charge in [-0.25, -0.2) is 4.39 Å². The van der Waals surface area contributed by atoms with Crippen molar-refractivity contribution in [2.45, 2.75) is 44.3 Å². The monoisotopic (exact) mass is 363 g/mol. The summed E-state index contributed by atoms with van der Waals surface area (Å²) in [5.41, 5.74) is 6.48. The third-order valence-electron chi connectivity index (χ3n) is 4.96. The fraction of sp³-hybridized carbons (Fsp3) is 0.500. The number of imide groups is 1. The minimum Gasteiger partial charge on any atom is -0.497 e. The van der Waals surface area contributed by atoms with Gasteiger partial charge in [-0.2, -0.15) is 0 Å². The molecule has 0 radical (unpaired) electrons. The number of methoxy groups -OCH3 is 1. The lowest BCUT2D eigenvalue weighted by Crippen LogP contribution is -2.55. The van der Waals surface area contributed by atoms with Crippen molar-refractivity contribution in [1.82, 2.24) is 10.2 Å². The Morgan fingerprint density at radius 3 is 2.69 bits per heavy atom. The van der Waals surface area contributed by atoms with E-state index in [0.717, 1.165) is 0 Å². The van der Waals surface area contributed by atoms with Gasteiger partial charge in [0.25, 0.3) is 5.91 Å². The summed E-state index contributed by atoms with van der Waals surface area (Å²) in [5, 5.41) is 2.28. The van der Waals surface area contributed by atoms with Crippen LogP contribution < -0.4 is 11.1 Å². The maximum absolute atomic E-state index is 14.6. The molecule has 0 bridgehead atoms. The number of nitrogens with zero attached hydrogens (tertiary/aromatic N) is 1. The number of halogens is 1. The number of ether oxygens (including phenoxy) is 1. The molecule has 0 aromatic rings. The molecule has 0 aromatic carbocycles. The maximum atomic E-state index is 14.6. The SMILES string of the molecule is COC1=C2CCCCN(C3CCC(=O)NC3=O)C(=O)C2=CC=C(N)C1F. The Hall–Kier alpha value is -2.64. The van der Waals surface area contributed by atoms with E-state index in [1.807, 2.05) is 0 Å². The highest BCUT2D eigenvalue weighted by atomic mass is 19.1. The first-order valence-electron chi connectivity index (χ1n) is 8.67. The molecule has 0 aromatic heterocycles. The number of nitrogens with one attached hydrogen (secondary N) is 1. The number of likely N-dealkylation sites (tertiary alicyclic amines) is 1. The van der Waals surface area contributed by atoms with Gasteiger partial charge in [0.05, 0.1) is 12.8 Å². The van der Waals surface area contributed by atoms with Gasteiger partial charge >= 0.3 is 0 Å². The number of hydrogen-bond acceptors (Lipinski definition) is 5. The Morgan fingerprint density at radius 1 is 1.23 bits per heavy atom. The van der Waals surface area contributed by atoms with Crippen LogP contribution in [0.3, 0.4) is 0 Å². The Labute approximate surface area is 150 Å². The van der Waals surface area contributed by atoms with Crippen molar-refractivity contribution in [3.8, 4) is 0 Å². The third kappa shape index (κ3) is 3.23. The molecule has 2 heterocycles. The van der Waals surface area contributed by atoms with Gasteiger partial charge in [-0.15, -0.1) is 0 Å². The molecular weight excluding hydrogens is 341 g/mol. The van der Waals surface area contributed by atoms with Crippen molar-refractivity contribution in [2.75, 3.05) is 13.7 Å². The average Bonchev–Trinajstić information content (AvgIpc) is 2.71. The van der Waals surface area contributed by atoms with Crippen LogP contribution in [0.4, 0.5) is 4.39 Å². The van der Waals surface area contributed by atoms with Gasteiger partial charge in [0.1, 0.15) is 11.8 Å². The molecule has 3 rings (SSSR count). The average molecular weight is 363 g/mol. The van der Waals surface area contributed by atoms with Gasteiger partial charge in [-0.3, -0.25) is 19.7 Å². The number of carbonyl (C=O) groups excluding carboxylic acids is 3. The van der Waals surface area contributed by atoms with Crippen molar-refractivity contribution < 1.29 is 23.5 Å². The molecule has 2 atom stereocenters. The first-order chi connectivity index (χ1) is 12.4. The van der Waals surface area contributed by atoms with Crippen LogP contribution in [0.5, 0.6) is 0 Å². The predicted octanol–water partition coefficient (Wildman–Crippen LogP) is 0.825. The molecule has 0 spiro atoms. The number of carbonyl (C=O) groups is 3. The third-order valence-corrected chi connectivity index (χ3v) is 4.96. The van der Waals surface area contributed by atoms with E-state index in [1.54, 1.807) is 0 Å². The second kappa shape index (κ2) is 7.31. The molecule has 3 N–H and O–H groups in total. The lowest BCUT2D eigenvalue weighted by Gasteiger charge is -2.35. The highest BCUT2D eigenvalue weighted by Gasteiger charge is 2.38. The van der Waals surface area contributed by atoms with Crippen LogP contribution >= 0.6 is 0 Å². The summed E-state index contributed by atoms with van der Waals surface area (Å²) in [6.07, 6.45) is 3.59. The molecule has 2 aliphatic heterocycles. The summed E-state index contributed by atoms with van der Waals surface area (Å²) in [5.74, 6) is -1.14. The Balaban J connectivity index is 2.00. The van der Waals surface area contributed by atoms with E-state index in [4.69, 9.17) is 10.5 Å². The molecule has 3 aliphatic rings. The van der Waals surface area contributed by atoms with Crippen LogP contribution in [-0.2, 0) is 19.1 Å². The lowest BCUT2D eigenvalue weighted by atomic mass is 9.92. The molecule has 0 saturated carbocycles. The van der Waals surface area contributed by atoms with Crippen LogP contribution in [0.15, 0.2) is 34.8 Å². The van der Waals surface area contributed by atoms with Crippen molar-refractivity contribution in [2.24, 2.45) is 5.73 Å². The quantitative estimate of drug-likeness (QED) is 0.708. The predicted molar refractivity (Wildman–Crippen MR) is 91.0 cm³/mol. The van der Waals surface area contributed by atoms with Gasteiger partial charge in [0.2, 0.25) is 11.8 Å². The molecule has 26 heavy (non-hydrogen) atoms. The van der Waals surface area contributed by atoms with Crippen molar-refractivity contribution in [3.63, 3.8) is 0 Å². The highest BCUT2D eigenvalue weighted by molar-refractivity contribution is 6.05. The molecule has 1 aliphatic carbocycles. The summed E-state index contributed by atoms with van der Waals surface area (Å²) in [6.45, 7) is 0.399. The zero-order chi connectivity index (χ0) is 18.8. The number of hydrogen-bond donors (Lipinski definition) is 2. The standard InChI is InChI=1S/C18H22FN3O4/c1-26-16-10-4-2-3-9-22(13-7-8-14(23)21-17(13)24)18(25)11(10)5-6-12(20)15(16)19/h5-6,13,15H,2-4,7-9,20H2,1H3,(H,21,23,24). The summed E-state index contributed by atoms with van der Waals surface area (Å²) in [6, 6.07) is -0.711. The number of piperidine rings is 1. The zero-order valence-corrected chi connectivity index (χ0v) is 14.6. The fourth-order valence-electron chi connectivity index (χ4n) is 3.60. The van der Waals surface area contributed by atoms with Gasteiger partial charge < -0.3 is 15.4 Å². The summed E-state index contributed by atoms with van der Waals surface area (Å²) in [4.78, 5) is 38.3. The van der Waals surface area contributed by atoms with Crippen LogP contribution in [-0.4, -0.2) is 48.5 Å². The minimum absolute atomic E-state index is 0.0334. The fourth-order valence-corrected chi connectivity index (χ4v) is 3.60. The second-order valence-corrected chi connectivity index (χ2v) is 6.58. The number of nitrogens with two attached hydrogens (primary N) is 1. The Bertz CT molecular complexity index is 741. The van der Waals surface area contributed by atoms with Crippen molar-refractivity contribution >= 4 is 17.7 Å². The smallest absolute Gasteiger partial charge is 0.254 e. The molecular formula is C18H22FN3O4. The first-order valence-corrected chi connectivity index (χ1v) is 8.67. The van der Waals surface area contributed by atoms with Crippen LogP contribution in [0.25, 0.3) is 0 Å². The molecule has 2 unspecified atom stereocenters. The summed E-state index contributed by atoms with van der Waals surface area (Å²) in [7, 11) is 1.35. The molecule has 2 saturated heterocycles. The number of fused-ring (bicyclic) bond motifs is 1. The van der Waals surface area contributed by atoms with E-state index in [-0.39, 0.29) is 41.7 Å². The number of allylic oxidation sites excluding steroid dienone is 2. The number of amides is 3. The zero-order valence-electron chi connectivity index (χ0n) is 14.6. The summed E-state index contributed by atoms with van der Waals surface area (Å²) >= 11 is 0. The van der Waals surface area contributed by atoms with E-state index >= 15 is 0 Å². The molecule has 8 heteroatoms. The molecule has 140 valence electrons. The molecule has 3 amide bonds. The van der Waals surface area contributed by atoms with E-state index in [9.17, 15) is 18.8 Å². The molecule has 2 fully saturated rings. The number of alkyl halides is 1.